The van der Waals surface area contributed by atoms with Gasteiger partial charge in [-0.25, -0.2) is 5.01 Å². The van der Waals surface area contributed by atoms with Gasteiger partial charge in [-0.1, -0.05) is 13.8 Å². The van der Waals surface area contributed by atoms with Crippen molar-refractivity contribution in [2.75, 3.05) is 12.4 Å². The third-order valence-corrected chi connectivity index (χ3v) is 4.49. The van der Waals surface area contributed by atoms with Gasteiger partial charge in [0.15, 0.2) is 5.78 Å². The van der Waals surface area contributed by atoms with Crippen molar-refractivity contribution in [2.24, 2.45) is 16.9 Å². The number of Topliss-reactive ketones (excluding diaryl/α,β-unsaturated/α-hetero) is 1. The maximum absolute atomic E-state index is 12.2. The minimum absolute atomic E-state index is 0.00464. The summed E-state index contributed by atoms with van der Waals surface area (Å²) in [7, 11) is 1.50. The quantitative estimate of drug-likeness (QED) is 0.755. The fourth-order valence-electron chi connectivity index (χ4n) is 2.88. The number of hydrogen-bond acceptors (Lipinski definition) is 7. The lowest BCUT2D eigenvalue weighted by atomic mass is 9.82. The predicted octanol–water partition coefficient (Wildman–Crippen LogP) is 1.32. The highest BCUT2D eigenvalue weighted by molar-refractivity contribution is 6.43. The molecule has 0 aromatic carbocycles. The minimum Gasteiger partial charge on any atom is -0.483 e. The van der Waals surface area contributed by atoms with E-state index in [4.69, 9.17) is 14.3 Å². The van der Waals surface area contributed by atoms with E-state index in [9.17, 15) is 14.4 Å². The number of carbonyl (C=O) groups excluding carboxylic acids is 3. The topological polar surface area (TPSA) is 142 Å². The summed E-state index contributed by atoms with van der Waals surface area (Å²) in [4.78, 5) is 48.3. The highest BCUT2D eigenvalue weighted by atomic mass is 16.4. The number of nitrogens with one attached hydrogen (secondary N) is 1. The number of nitrogens with zero attached hydrogens (tertiary/aromatic N) is 3. The van der Waals surface area contributed by atoms with Gasteiger partial charge in [0.05, 0.1) is 0 Å². The third kappa shape index (κ3) is 4.78. The van der Waals surface area contributed by atoms with Gasteiger partial charge in [-0.05, 0) is 11.8 Å². The number of ketones is 1. The van der Waals surface area contributed by atoms with E-state index >= 15 is 0 Å². The van der Waals surface area contributed by atoms with Crippen molar-refractivity contribution < 1.29 is 28.7 Å². The number of hydrogen-bond donors (Lipinski definition) is 2. The minimum atomic E-state index is -0.471. The lowest BCUT2D eigenvalue weighted by molar-refractivity contribution is -0.130. The van der Waals surface area contributed by atoms with Crippen molar-refractivity contribution >= 4 is 35.8 Å². The van der Waals surface area contributed by atoms with E-state index in [0.29, 0.717) is 30.2 Å². The number of carbonyl (C=O) groups is 4. The van der Waals surface area contributed by atoms with E-state index in [0.717, 1.165) is 5.01 Å². The number of anilines is 1. The summed E-state index contributed by atoms with van der Waals surface area (Å²) in [5.41, 5.74) is 0.541. The van der Waals surface area contributed by atoms with Crippen molar-refractivity contribution in [3.8, 4) is 0 Å². The summed E-state index contributed by atoms with van der Waals surface area (Å²) < 4.78 is 5.57. The monoisotopic (exact) mass is 378 g/mol. The molecule has 27 heavy (non-hydrogen) atoms. The summed E-state index contributed by atoms with van der Waals surface area (Å²) in [5.74, 6) is 0.459. The predicted molar refractivity (Wildman–Crippen MR) is 94.2 cm³/mol. The second-order valence-corrected chi connectivity index (χ2v) is 6.65. The Labute approximate surface area is 155 Å². The highest BCUT2D eigenvalue weighted by Crippen LogP contribution is 2.31. The van der Waals surface area contributed by atoms with Gasteiger partial charge >= 0.3 is 6.01 Å². The summed E-state index contributed by atoms with van der Waals surface area (Å²) in [6.45, 7) is 3.89. The molecule has 2 aliphatic rings. The van der Waals surface area contributed by atoms with Crippen LogP contribution >= 0.6 is 0 Å². The fraction of sp³-hybridized carbons (Fsp3) is 0.529. The van der Waals surface area contributed by atoms with Gasteiger partial charge < -0.3 is 9.52 Å². The second kappa shape index (κ2) is 8.56. The van der Waals surface area contributed by atoms with Gasteiger partial charge in [0, 0.05) is 32.7 Å². The molecule has 10 nitrogen and oxygen atoms in total. The Hall–Kier alpha value is -3.04. The van der Waals surface area contributed by atoms with E-state index in [1.807, 2.05) is 0 Å². The van der Waals surface area contributed by atoms with Crippen LogP contribution in [-0.4, -0.2) is 51.9 Å². The molecule has 1 aliphatic carbocycles. The Morgan fingerprint density at radius 2 is 2.00 bits per heavy atom. The molecule has 0 bridgehead atoms. The molecular formula is C17H22N4O6. The molecule has 2 heterocycles. The van der Waals surface area contributed by atoms with Crippen LogP contribution < -0.4 is 5.32 Å². The van der Waals surface area contributed by atoms with Crippen LogP contribution in [0.2, 0.25) is 0 Å². The van der Waals surface area contributed by atoms with E-state index in [1.165, 1.54) is 7.05 Å². The molecule has 0 radical (unpaired) electrons. The Kier molecular flexibility index (Phi) is 6.43. The average Bonchev–Trinajstić information content (AvgIpc) is 3.01. The molecule has 0 fully saturated rings. The number of amides is 2. The normalized spacial score (nSPS) is 19.0. The standard InChI is InChI=1S/C16H20N4O4.CH2O2/c1-8(2)9-6-11(21)14-12(7-9)24-16(17-14)18-15(23)10-4-5-13(22)20(3)19-10;2-1-3/h8-9H,4-7H2,1-3H3,(H,17,18,23);1H,(H,2,3). The zero-order chi connectivity index (χ0) is 20.1. The van der Waals surface area contributed by atoms with Gasteiger partial charge in [-0.2, -0.15) is 10.1 Å². The van der Waals surface area contributed by atoms with Crippen LogP contribution in [0.5, 0.6) is 0 Å². The molecule has 0 saturated carbocycles. The Morgan fingerprint density at radius 1 is 1.33 bits per heavy atom. The Bertz CT molecular complexity index is 782. The molecule has 0 saturated heterocycles. The first-order valence-electron chi connectivity index (χ1n) is 8.52. The van der Waals surface area contributed by atoms with Crippen LogP contribution in [0.4, 0.5) is 6.01 Å². The number of fused-ring (bicyclic) bond motifs is 1. The van der Waals surface area contributed by atoms with Crippen LogP contribution in [-0.2, 0) is 20.8 Å². The molecule has 1 aromatic heterocycles. The summed E-state index contributed by atoms with van der Waals surface area (Å²) in [6, 6.07) is 0.00464. The van der Waals surface area contributed by atoms with Gasteiger partial charge in [-0.15, -0.1) is 0 Å². The summed E-state index contributed by atoms with van der Waals surface area (Å²) in [5, 5.41) is 14.5. The average molecular weight is 378 g/mol. The van der Waals surface area contributed by atoms with E-state index in [-0.39, 0.29) is 48.6 Å². The number of carboxylic acid groups (broad SMARTS) is 1. The molecule has 3 rings (SSSR count). The molecule has 146 valence electrons. The largest absolute Gasteiger partial charge is 0.483 e. The molecule has 0 spiro atoms. The van der Waals surface area contributed by atoms with E-state index in [2.05, 4.69) is 29.2 Å². The zero-order valence-corrected chi connectivity index (χ0v) is 15.4. The van der Waals surface area contributed by atoms with E-state index in [1.54, 1.807) is 0 Å². The lowest BCUT2D eigenvalue weighted by Crippen LogP contribution is -2.34. The maximum atomic E-state index is 12.2. The van der Waals surface area contributed by atoms with Crippen molar-refractivity contribution in [2.45, 2.75) is 39.5 Å². The van der Waals surface area contributed by atoms with Crippen molar-refractivity contribution in [1.29, 1.82) is 0 Å². The van der Waals surface area contributed by atoms with Gasteiger partial charge in [0.2, 0.25) is 5.91 Å². The lowest BCUT2D eigenvalue weighted by Gasteiger charge is -2.22. The molecule has 2 amide bonds. The fourth-order valence-corrected chi connectivity index (χ4v) is 2.88. The number of aromatic nitrogens is 1. The van der Waals surface area contributed by atoms with Gasteiger partial charge in [0.25, 0.3) is 12.4 Å². The number of rotatable bonds is 3. The molecule has 1 atom stereocenters. The molecule has 2 N–H and O–H groups in total. The first-order chi connectivity index (χ1) is 12.8. The van der Waals surface area contributed by atoms with Crippen molar-refractivity contribution in [1.82, 2.24) is 9.99 Å². The molecule has 1 aliphatic heterocycles. The zero-order valence-electron chi connectivity index (χ0n) is 15.4. The summed E-state index contributed by atoms with van der Waals surface area (Å²) in [6.07, 6.45) is 1.59. The Balaban J connectivity index is 0.000000817. The number of hydrazone groups is 1. The van der Waals surface area contributed by atoms with Crippen molar-refractivity contribution in [3.63, 3.8) is 0 Å². The smallest absolute Gasteiger partial charge is 0.302 e. The van der Waals surface area contributed by atoms with Gasteiger partial charge in [0.1, 0.15) is 17.2 Å². The van der Waals surface area contributed by atoms with Crippen LogP contribution in [0.15, 0.2) is 9.52 Å². The van der Waals surface area contributed by atoms with Crippen molar-refractivity contribution in [3.05, 3.63) is 11.5 Å². The molecule has 1 unspecified atom stereocenters. The first kappa shape index (κ1) is 20.3. The second-order valence-electron chi connectivity index (χ2n) is 6.65. The van der Waals surface area contributed by atoms with Crippen LogP contribution in [0.1, 0.15) is 49.4 Å². The van der Waals surface area contributed by atoms with Crippen LogP contribution in [0.3, 0.4) is 0 Å². The van der Waals surface area contributed by atoms with Gasteiger partial charge in [-0.3, -0.25) is 24.5 Å². The SMILES string of the molecule is CC(C)C1CC(=O)c2nc(NC(=O)C3=NN(C)C(=O)CC3)oc2C1.O=CO. The highest BCUT2D eigenvalue weighted by Gasteiger charge is 2.32. The maximum Gasteiger partial charge on any atom is 0.302 e. The number of oxazole rings is 1. The summed E-state index contributed by atoms with van der Waals surface area (Å²) >= 11 is 0. The third-order valence-electron chi connectivity index (χ3n) is 4.49. The van der Waals surface area contributed by atoms with Crippen LogP contribution in [0.25, 0.3) is 0 Å². The molecular weight excluding hydrogens is 356 g/mol. The molecule has 1 aromatic rings. The Morgan fingerprint density at radius 3 is 2.59 bits per heavy atom. The van der Waals surface area contributed by atoms with E-state index < -0.39 is 5.91 Å². The molecule has 10 heteroatoms. The first-order valence-corrected chi connectivity index (χ1v) is 8.52. The van der Waals surface area contributed by atoms with Crippen LogP contribution in [0, 0.1) is 11.8 Å².